The van der Waals surface area contributed by atoms with Crippen LogP contribution in [0.2, 0.25) is 10.0 Å². The Balaban J connectivity index is 1.53. The molecule has 0 radical (unpaired) electrons. The maximum atomic E-state index is 15.6. The summed E-state index contributed by atoms with van der Waals surface area (Å²) in [4.78, 5) is 27.7. The van der Waals surface area contributed by atoms with Crippen LogP contribution in [0.3, 0.4) is 0 Å². The molecule has 2 aliphatic carbocycles. The van der Waals surface area contributed by atoms with Crippen molar-refractivity contribution >= 4 is 40.7 Å². The van der Waals surface area contributed by atoms with Crippen LogP contribution in [0.4, 0.5) is 10.1 Å². The van der Waals surface area contributed by atoms with Crippen molar-refractivity contribution in [3.63, 3.8) is 0 Å². The van der Waals surface area contributed by atoms with Crippen LogP contribution in [0.25, 0.3) is 0 Å². The molecule has 2 heterocycles. The van der Waals surface area contributed by atoms with Gasteiger partial charge in [-0.25, -0.2) is 4.39 Å². The number of amides is 2. The Labute approximate surface area is 212 Å². The van der Waals surface area contributed by atoms with E-state index in [1.807, 2.05) is 6.07 Å². The monoisotopic (exact) mass is 517 g/mol. The summed E-state index contributed by atoms with van der Waals surface area (Å²) in [6.45, 7) is 1.73. The van der Waals surface area contributed by atoms with Crippen LogP contribution in [0.1, 0.15) is 56.1 Å². The molecular formula is C26H26Cl2FN3O3. The highest BCUT2D eigenvalue weighted by Crippen LogP contribution is 2.64. The Morgan fingerprint density at radius 2 is 1.94 bits per heavy atom. The summed E-state index contributed by atoms with van der Waals surface area (Å²) in [6.07, 6.45) is 3.11. The van der Waals surface area contributed by atoms with Crippen molar-refractivity contribution in [3.8, 4) is 0 Å². The molecule has 4 N–H and O–H groups in total. The van der Waals surface area contributed by atoms with Crippen molar-refractivity contribution < 1.29 is 19.1 Å². The fourth-order valence-electron chi connectivity index (χ4n) is 6.99. The van der Waals surface area contributed by atoms with Crippen molar-refractivity contribution in [1.29, 1.82) is 0 Å². The molecule has 9 heteroatoms. The summed E-state index contributed by atoms with van der Waals surface area (Å²) in [6, 6.07) is 8.91. The highest BCUT2D eigenvalue weighted by atomic mass is 35.5. The molecule has 2 aromatic carbocycles. The number of nitrogens with one attached hydrogen (secondary N) is 3. The zero-order valence-corrected chi connectivity index (χ0v) is 20.6. The van der Waals surface area contributed by atoms with Crippen LogP contribution in [-0.4, -0.2) is 40.1 Å². The molecule has 35 heavy (non-hydrogen) atoms. The molecule has 6 nitrogen and oxygen atoms in total. The topological polar surface area (TPSA) is 90.5 Å². The van der Waals surface area contributed by atoms with Gasteiger partial charge in [0.15, 0.2) is 0 Å². The van der Waals surface area contributed by atoms with Crippen molar-refractivity contribution in [2.24, 2.45) is 0 Å². The van der Waals surface area contributed by atoms with Crippen LogP contribution in [0, 0.1) is 5.82 Å². The fourth-order valence-corrected chi connectivity index (χ4v) is 7.34. The van der Waals surface area contributed by atoms with Gasteiger partial charge in [0, 0.05) is 28.2 Å². The van der Waals surface area contributed by atoms with Crippen LogP contribution in [-0.2, 0) is 15.0 Å². The molecule has 0 aromatic heterocycles. The first-order valence-corrected chi connectivity index (χ1v) is 12.7. The van der Waals surface area contributed by atoms with E-state index in [1.54, 1.807) is 31.2 Å². The van der Waals surface area contributed by atoms with Gasteiger partial charge in [-0.15, -0.1) is 0 Å². The van der Waals surface area contributed by atoms with E-state index in [9.17, 15) is 14.7 Å². The van der Waals surface area contributed by atoms with E-state index in [1.165, 1.54) is 6.07 Å². The Morgan fingerprint density at radius 1 is 1.20 bits per heavy atom. The molecule has 6 rings (SSSR count). The van der Waals surface area contributed by atoms with E-state index in [4.69, 9.17) is 23.2 Å². The van der Waals surface area contributed by atoms with Gasteiger partial charge in [0.05, 0.1) is 16.7 Å². The Hall–Kier alpha value is -2.19. The number of halogens is 3. The van der Waals surface area contributed by atoms with E-state index >= 15 is 4.39 Å². The number of carbonyl (C=O) groups is 2. The lowest BCUT2D eigenvalue weighted by atomic mass is 9.53. The summed E-state index contributed by atoms with van der Waals surface area (Å²) in [5, 5.41) is 20.1. The first kappa shape index (κ1) is 23.2. The van der Waals surface area contributed by atoms with E-state index in [0.717, 1.165) is 6.42 Å². The molecule has 2 aliphatic heterocycles. The molecule has 184 valence electrons. The molecule has 2 spiro atoms. The number of benzene rings is 2. The number of rotatable bonds is 3. The van der Waals surface area contributed by atoms with Gasteiger partial charge in [-0.3, -0.25) is 14.9 Å². The van der Waals surface area contributed by atoms with Gasteiger partial charge >= 0.3 is 0 Å². The number of aliphatic hydroxyl groups is 1. The molecule has 2 amide bonds. The fraction of sp³-hybridized carbons (Fsp3) is 0.462. The highest BCUT2D eigenvalue weighted by molar-refractivity contribution is 6.31. The third kappa shape index (κ3) is 3.14. The maximum absolute atomic E-state index is 15.6. The van der Waals surface area contributed by atoms with E-state index in [-0.39, 0.29) is 28.4 Å². The molecule has 2 saturated carbocycles. The first-order valence-electron chi connectivity index (χ1n) is 11.9. The van der Waals surface area contributed by atoms with Crippen LogP contribution < -0.4 is 16.0 Å². The summed E-state index contributed by atoms with van der Waals surface area (Å²) in [7, 11) is 0. The lowest BCUT2D eigenvalue weighted by Gasteiger charge is -2.50. The van der Waals surface area contributed by atoms with Gasteiger partial charge in [0.2, 0.25) is 11.8 Å². The lowest BCUT2D eigenvalue weighted by molar-refractivity contribution is -0.127. The number of hydrogen-bond donors (Lipinski definition) is 4. The highest BCUT2D eigenvalue weighted by Gasteiger charge is 2.74. The molecule has 4 aliphatic rings. The third-order valence-corrected chi connectivity index (χ3v) is 9.05. The Kier molecular flexibility index (Phi) is 5.08. The second-order valence-electron chi connectivity index (χ2n) is 10.7. The van der Waals surface area contributed by atoms with Gasteiger partial charge in [0.25, 0.3) is 0 Å². The molecule has 0 bridgehead atoms. The number of anilines is 1. The van der Waals surface area contributed by atoms with Gasteiger partial charge in [-0.05, 0) is 68.4 Å². The van der Waals surface area contributed by atoms with Crippen molar-refractivity contribution in [2.75, 3.05) is 5.32 Å². The van der Waals surface area contributed by atoms with Crippen LogP contribution in [0.5, 0.6) is 0 Å². The van der Waals surface area contributed by atoms with Crippen molar-refractivity contribution in [1.82, 2.24) is 10.6 Å². The molecule has 3 atom stereocenters. The summed E-state index contributed by atoms with van der Waals surface area (Å²) in [5.74, 6) is -2.05. The van der Waals surface area contributed by atoms with Gasteiger partial charge in [-0.2, -0.15) is 0 Å². The first-order chi connectivity index (χ1) is 16.6. The zero-order valence-electron chi connectivity index (χ0n) is 19.1. The molecule has 1 saturated heterocycles. The van der Waals surface area contributed by atoms with E-state index < -0.39 is 34.3 Å². The van der Waals surface area contributed by atoms with Gasteiger partial charge in [0.1, 0.15) is 11.2 Å². The quantitative estimate of drug-likeness (QED) is 0.494. The second kappa shape index (κ2) is 7.65. The lowest BCUT2D eigenvalue weighted by Crippen LogP contribution is -2.63. The number of carbonyl (C=O) groups excluding carboxylic acids is 2. The Bertz CT molecular complexity index is 1260. The molecular weight excluding hydrogens is 492 g/mol. The van der Waals surface area contributed by atoms with Gasteiger partial charge in [-0.1, -0.05) is 41.4 Å². The van der Waals surface area contributed by atoms with E-state index in [2.05, 4.69) is 16.0 Å². The molecule has 3 fully saturated rings. The minimum atomic E-state index is -1.22. The Morgan fingerprint density at radius 3 is 2.60 bits per heavy atom. The summed E-state index contributed by atoms with van der Waals surface area (Å²) >= 11 is 12.4. The molecule has 2 aromatic rings. The third-order valence-electron chi connectivity index (χ3n) is 8.52. The largest absolute Gasteiger partial charge is 0.390 e. The predicted molar refractivity (Wildman–Crippen MR) is 131 cm³/mol. The molecule has 0 unspecified atom stereocenters. The maximum Gasteiger partial charge on any atom is 0.238 e. The minimum Gasteiger partial charge on any atom is -0.390 e. The smallest absolute Gasteiger partial charge is 0.238 e. The standard InChI is InChI=1S/C26H26Cl2FN3O3/c1-24(35)11-14(12-24)30-22(33)21-19(15-4-2-5-17(28)20(15)29)26(25(32-21)8-3-9-25)16-7-6-13(27)10-18(16)31-23(26)34/h2,4-7,10,14,19,21,32,35H,3,8-9,11-12H2,1H3,(H,30,33)(H,31,34)/t14?,19-,21+,24?,26-/m0/s1. The van der Waals surface area contributed by atoms with Gasteiger partial charge < -0.3 is 15.7 Å². The number of hydrogen-bond acceptors (Lipinski definition) is 4. The minimum absolute atomic E-state index is 0.0591. The van der Waals surface area contributed by atoms with Crippen LogP contribution in [0.15, 0.2) is 36.4 Å². The van der Waals surface area contributed by atoms with E-state index in [0.29, 0.717) is 42.0 Å². The van der Waals surface area contributed by atoms with Crippen LogP contribution >= 0.6 is 23.2 Å². The van der Waals surface area contributed by atoms with Crippen molar-refractivity contribution in [3.05, 3.63) is 63.4 Å². The zero-order chi connectivity index (χ0) is 24.8. The SMILES string of the molecule is CC1(O)CC(NC(=O)[C@@H]2NC3(CCC3)[C@]3(C(=O)Nc4cc(Cl)ccc43)[C@H]2c2cccc(Cl)c2F)C1. The number of fused-ring (bicyclic) bond motifs is 3. The predicted octanol–water partition coefficient (Wildman–Crippen LogP) is 4.03. The second-order valence-corrected chi connectivity index (χ2v) is 11.6. The average Bonchev–Trinajstić information content (AvgIpc) is 3.22. The summed E-state index contributed by atoms with van der Waals surface area (Å²) in [5.41, 5.74) is -1.22. The average molecular weight is 518 g/mol. The van der Waals surface area contributed by atoms with Crippen molar-refractivity contribution in [2.45, 2.75) is 73.6 Å². The summed E-state index contributed by atoms with van der Waals surface area (Å²) < 4.78 is 15.6. The normalized spacial score (nSPS) is 34.3.